The van der Waals surface area contributed by atoms with Crippen LogP contribution in [0.15, 0.2) is 29.0 Å². The summed E-state index contributed by atoms with van der Waals surface area (Å²) in [6.45, 7) is 8.16. The summed E-state index contributed by atoms with van der Waals surface area (Å²) in [5, 5.41) is 7.05. The van der Waals surface area contributed by atoms with Crippen LogP contribution in [0.2, 0.25) is 0 Å². The molecular weight excluding hydrogens is 324 g/mol. The van der Waals surface area contributed by atoms with Crippen molar-refractivity contribution in [2.75, 3.05) is 26.2 Å². The van der Waals surface area contributed by atoms with Crippen LogP contribution in [0.25, 0.3) is 0 Å². The van der Waals surface area contributed by atoms with Gasteiger partial charge in [-0.3, -0.25) is 4.90 Å². The molecule has 2 aromatic rings. The summed E-state index contributed by atoms with van der Waals surface area (Å²) >= 11 is 1.80. The number of carbonyl (C=O) groups excluding carboxylic acids is 1. The summed E-state index contributed by atoms with van der Waals surface area (Å²) in [4.78, 5) is 19.2. The number of nitrogens with zero attached hydrogens (tertiary/aromatic N) is 3. The van der Waals surface area contributed by atoms with E-state index in [0.29, 0.717) is 0 Å². The lowest BCUT2D eigenvalue weighted by atomic mass is 10.2. The van der Waals surface area contributed by atoms with Crippen LogP contribution in [0, 0.1) is 6.92 Å². The number of hydrogen-bond donors (Lipinski definition) is 1. The number of hydrogen-bond acceptors (Lipinski definition) is 5. The van der Waals surface area contributed by atoms with E-state index >= 15 is 0 Å². The van der Waals surface area contributed by atoms with E-state index in [1.807, 2.05) is 11.0 Å². The van der Waals surface area contributed by atoms with Crippen molar-refractivity contribution in [2.24, 2.45) is 0 Å². The number of thiophene rings is 1. The molecular formula is C17H24N4O2S. The molecule has 24 heavy (non-hydrogen) atoms. The lowest BCUT2D eigenvalue weighted by Gasteiger charge is -2.34. The molecule has 0 radical (unpaired) electrons. The second-order valence-electron chi connectivity index (χ2n) is 6.32. The number of aromatic nitrogens is 1. The Morgan fingerprint density at radius 2 is 2.12 bits per heavy atom. The largest absolute Gasteiger partial charge is 0.364 e. The van der Waals surface area contributed by atoms with Crippen molar-refractivity contribution in [1.29, 1.82) is 0 Å². The minimum atomic E-state index is 0.0388. The number of rotatable bonds is 5. The van der Waals surface area contributed by atoms with Gasteiger partial charge in [-0.15, -0.1) is 11.3 Å². The molecule has 0 saturated carbocycles. The smallest absolute Gasteiger partial charge is 0.317 e. The molecule has 1 N–H and O–H groups in total. The van der Waals surface area contributed by atoms with Gasteiger partial charge in [-0.2, -0.15) is 0 Å². The van der Waals surface area contributed by atoms with E-state index in [2.05, 4.69) is 41.4 Å². The zero-order chi connectivity index (χ0) is 16.9. The van der Waals surface area contributed by atoms with Crippen LogP contribution in [0.1, 0.15) is 22.4 Å². The standard InChI is InChI=1S/C17H24N4O2S/c1-13(11-16-4-3-14(2)24-16)18-17(22)21-8-6-20(7-9-21)12-15-5-10-23-19-15/h3-5,10,13H,6-9,11-12H2,1-2H3,(H,18,22)/t13-/m0/s1. The first-order valence-corrected chi connectivity index (χ1v) is 9.14. The lowest BCUT2D eigenvalue weighted by Crippen LogP contribution is -2.53. The number of piperazine rings is 1. The molecule has 7 heteroatoms. The summed E-state index contributed by atoms with van der Waals surface area (Å²) in [6, 6.07) is 6.33. The number of carbonyl (C=O) groups is 1. The van der Waals surface area contributed by atoms with Crippen LogP contribution < -0.4 is 5.32 Å². The van der Waals surface area contributed by atoms with Crippen molar-refractivity contribution in [2.45, 2.75) is 32.9 Å². The Labute approximate surface area is 146 Å². The van der Waals surface area contributed by atoms with Gasteiger partial charge in [0.1, 0.15) is 6.26 Å². The highest BCUT2D eigenvalue weighted by atomic mass is 32.1. The van der Waals surface area contributed by atoms with Crippen LogP contribution in [-0.4, -0.2) is 53.2 Å². The van der Waals surface area contributed by atoms with Crippen LogP contribution in [-0.2, 0) is 13.0 Å². The topological polar surface area (TPSA) is 61.6 Å². The first-order chi connectivity index (χ1) is 11.6. The van der Waals surface area contributed by atoms with Gasteiger partial charge in [0.2, 0.25) is 0 Å². The maximum Gasteiger partial charge on any atom is 0.317 e. The average molecular weight is 348 g/mol. The third-order valence-corrected chi connectivity index (χ3v) is 5.23. The van der Waals surface area contributed by atoms with Gasteiger partial charge in [-0.1, -0.05) is 5.16 Å². The van der Waals surface area contributed by atoms with Crippen molar-refractivity contribution in [3.63, 3.8) is 0 Å². The molecule has 2 amide bonds. The number of nitrogens with one attached hydrogen (secondary N) is 1. The Morgan fingerprint density at radius 1 is 1.33 bits per heavy atom. The van der Waals surface area contributed by atoms with E-state index in [1.54, 1.807) is 17.6 Å². The van der Waals surface area contributed by atoms with E-state index in [9.17, 15) is 4.79 Å². The second-order valence-corrected chi connectivity index (χ2v) is 7.69. The number of amides is 2. The highest BCUT2D eigenvalue weighted by Gasteiger charge is 2.22. The van der Waals surface area contributed by atoms with Crippen LogP contribution >= 0.6 is 11.3 Å². The van der Waals surface area contributed by atoms with E-state index in [-0.39, 0.29) is 12.1 Å². The maximum absolute atomic E-state index is 12.4. The molecule has 3 heterocycles. The van der Waals surface area contributed by atoms with E-state index in [0.717, 1.165) is 44.8 Å². The molecule has 0 bridgehead atoms. The van der Waals surface area contributed by atoms with E-state index < -0.39 is 0 Å². The van der Waals surface area contributed by atoms with Crippen LogP contribution in [0.5, 0.6) is 0 Å². The monoisotopic (exact) mass is 348 g/mol. The molecule has 0 spiro atoms. The molecule has 2 aromatic heterocycles. The molecule has 1 saturated heterocycles. The van der Waals surface area contributed by atoms with Crippen molar-refractivity contribution < 1.29 is 9.32 Å². The third-order valence-electron chi connectivity index (χ3n) is 4.21. The molecule has 1 aliphatic heterocycles. The molecule has 130 valence electrons. The Kier molecular flexibility index (Phi) is 5.52. The van der Waals surface area contributed by atoms with Crippen LogP contribution in [0.4, 0.5) is 4.79 Å². The Bertz CT molecular complexity index is 647. The normalized spacial score (nSPS) is 17.0. The average Bonchev–Trinajstić information content (AvgIpc) is 3.20. The fourth-order valence-electron chi connectivity index (χ4n) is 2.91. The van der Waals surface area contributed by atoms with Gasteiger partial charge in [0.25, 0.3) is 0 Å². The van der Waals surface area contributed by atoms with Crippen molar-refractivity contribution in [3.05, 3.63) is 39.9 Å². The first-order valence-electron chi connectivity index (χ1n) is 8.32. The highest BCUT2D eigenvalue weighted by molar-refractivity contribution is 7.11. The summed E-state index contributed by atoms with van der Waals surface area (Å²) in [7, 11) is 0. The second kappa shape index (κ2) is 7.81. The van der Waals surface area contributed by atoms with Gasteiger partial charge in [-0.25, -0.2) is 4.79 Å². The quantitative estimate of drug-likeness (QED) is 0.902. The van der Waals surface area contributed by atoms with E-state index in [4.69, 9.17) is 4.52 Å². The van der Waals surface area contributed by atoms with Crippen molar-refractivity contribution in [3.8, 4) is 0 Å². The van der Waals surface area contributed by atoms with Crippen LogP contribution in [0.3, 0.4) is 0 Å². The Hall–Kier alpha value is -1.86. The van der Waals surface area contributed by atoms with Gasteiger partial charge < -0.3 is 14.7 Å². The fourth-order valence-corrected chi connectivity index (χ4v) is 3.93. The highest BCUT2D eigenvalue weighted by Crippen LogP contribution is 2.17. The summed E-state index contributed by atoms with van der Waals surface area (Å²) in [5.41, 5.74) is 0.938. The molecule has 0 aromatic carbocycles. The van der Waals surface area contributed by atoms with Gasteiger partial charge in [-0.05, 0) is 26.0 Å². The number of aryl methyl sites for hydroxylation is 1. The van der Waals surface area contributed by atoms with Gasteiger partial charge in [0, 0.05) is 61.0 Å². The minimum Gasteiger partial charge on any atom is -0.364 e. The molecule has 6 nitrogen and oxygen atoms in total. The maximum atomic E-state index is 12.4. The van der Waals surface area contributed by atoms with Gasteiger partial charge >= 0.3 is 6.03 Å². The molecule has 0 aliphatic carbocycles. The number of urea groups is 1. The predicted molar refractivity (Wildman–Crippen MR) is 94.1 cm³/mol. The molecule has 1 atom stereocenters. The Morgan fingerprint density at radius 3 is 2.75 bits per heavy atom. The van der Waals surface area contributed by atoms with E-state index in [1.165, 1.54) is 9.75 Å². The SMILES string of the molecule is Cc1ccc(C[C@H](C)NC(=O)N2CCN(Cc3ccon3)CC2)s1. The zero-order valence-corrected chi connectivity index (χ0v) is 15.0. The van der Waals surface area contributed by atoms with Crippen molar-refractivity contribution in [1.82, 2.24) is 20.3 Å². The summed E-state index contributed by atoms with van der Waals surface area (Å²) in [5.74, 6) is 0. The van der Waals surface area contributed by atoms with Gasteiger partial charge in [0.15, 0.2) is 0 Å². The Balaban J connectivity index is 1.41. The van der Waals surface area contributed by atoms with Crippen molar-refractivity contribution >= 4 is 17.4 Å². The molecule has 3 rings (SSSR count). The van der Waals surface area contributed by atoms with Gasteiger partial charge in [0.05, 0.1) is 5.69 Å². The lowest BCUT2D eigenvalue weighted by molar-refractivity contribution is 0.132. The fraction of sp³-hybridized carbons (Fsp3) is 0.529. The molecule has 1 fully saturated rings. The molecule has 1 aliphatic rings. The minimum absolute atomic E-state index is 0.0388. The predicted octanol–water partition coefficient (Wildman–Crippen LogP) is 2.50. The summed E-state index contributed by atoms with van der Waals surface area (Å²) in [6.07, 6.45) is 2.48. The first kappa shape index (κ1) is 17.0. The summed E-state index contributed by atoms with van der Waals surface area (Å²) < 4.78 is 4.86. The zero-order valence-electron chi connectivity index (χ0n) is 14.2. The molecule has 0 unspecified atom stereocenters. The third kappa shape index (κ3) is 4.58.